The largest absolute Gasteiger partial charge is 0.0625 e. The molecule has 0 amide bonds. The smallest absolute Gasteiger partial charge is 0.0383 e. The van der Waals surface area contributed by atoms with Gasteiger partial charge in [0.15, 0.2) is 0 Å². The maximum Gasteiger partial charge on any atom is -0.0383 e. The summed E-state index contributed by atoms with van der Waals surface area (Å²) in [6.45, 7) is 4.81. The van der Waals surface area contributed by atoms with Crippen LogP contribution in [0.3, 0.4) is 0 Å². The summed E-state index contributed by atoms with van der Waals surface area (Å²) in [7, 11) is 0. The Kier molecular flexibility index (Phi) is 2.43. The molecule has 2 fully saturated rings. The van der Waals surface area contributed by atoms with Crippen LogP contribution in [-0.2, 0) is 0 Å². The summed E-state index contributed by atoms with van der Waals surface area (Å²) in [5.41, 5.74) is 0. The van der Waals surface area contributed by atoms with Crippen LogP contribution in [0.15, 0.2) is 0 Å². The lowest BCUT2D eigenvalue weighted by molar-refractivity contribution is 0.198. The van der Waals surface area contributed by atoms with Gasteiger partial charge in [-0.05, 0) is 42.9 Å². The Labute approximate surface area is 76.7 Å². The molecule has 2 atom stereocenters. The fraction of sp³-hybridized carbons (Fsp3) is 1.00. The fourth-order valence-corrected chi connectivity index (χ4v) is 2.87. The zero-order chi connectivity index (χ0) is 8.55. The van der Waals surface area contributed by atoms with Gasteiger partial charge < -0.3 is 0 Å². The summed E-state index contributed by atoms with van der Waals surface area (Å²) in [5.74, 6) is 4.29. The van der Waals surface area contributed by atoms with Crippen molar-refractivity contribution >= 4 is 0 Å². The third kappa shape index (κ3) is 1.84. The lowest BCUT2D eigenvalue weighted by Gasteiger charge is -2.31. The van der Waals surface area contributed by atoms with E-state index in [0.29, 0.717) is 0 Å². The summed E-state index contributed by atoms with van der Waals surface area (Å²) in [4.78, 5) is 0. The van der Waals surface area contributed by atoms with E-state index in [1.54, 1.807) is 25.7 Å². The quantitative estimate of drug-likeness (QED) is 0.584. The first kappa shape index (κ1) is 8.59. The predicted molar refractivity (Wildman–Crippen MR) is 53.0 cm³/mol. The third-order valence-corrected chi connectivity index (χ3v) is 3.99. The van der Waals surface area contributed by atoms with Crippen molar-refractivity contribution in [1.82, 2.24) is 0 Å². The van der Waals surface area contributed by atoms with Crippen molar-refractivity contribution in [1.29, 1.82) is 0 Å². The molecule has 0 radical (unpaired) electrons. The molecule has 2 rings (SSSR count). The van der Waals surface area contributed by atoms with Crippen LogP contribution < -0.4 is 0 Å². The van der Waals surface area contributed by atoms with Crippen LogP contribution in [0.1, 0.15) is 52.4 Å². The second-order valence-electron chi connectivity index (χ2n) is 5.27. The molecule has 0 heterocycles. The first-order valence-corrected chi connectivity index (χ1v) is 5.77. The Balaban J connectivity index is 1.85. The zero-order valence-electron chi connectivity index (χ0n) is 8.55. The highest BCUT2D eigenvalue weighted by Crippen LogP contribution is 2.46. The van der Waals surface area contributed by atoms with Crippen molar-refractivity contribution in [2.75, 3.05) is 0 Å². The molecule has 0 nitrogen and oxygen atoms in total. The maximum absolute atomic E-state index is 2.40. The van der Waals surface area contributed by atoms with E-state index >= 15 is 0 Å². The van der Waals surface area contributed by atoms with E-state index in [-0.39, 0.29) is 0 Å². The summed E-state index contributed by atoms with van der Waals surface area (Å²) in [6.07, 6.45) is 9.24. The Bertz CT molecular complexity index is 136. The van der Waals surface area contributed by atoms with Gasteiger partial charge in [-0.25, -0.2) is 0 Å². The van der Waals surface area contributed by atoms with Gasteiger partial charge in [0.05, 0.1) is 0 Å². The van der Waals surface area contributed by atoms with Crippen LogP contribution in [0, 0.1) is 23.7 Å². The minimum atomic E-state index is 0.937. The van der Waals surface area contributed by atoms with Gasteiger partial charge in [-0.15, -0.1) is 0 Å². The summed E-state index contributed by atoms with van der Waals surface area (Å²) in [6, 6.07) is 0. The second-order valence-corrected chi connectivity index (χ2v) is 5.27. The average Bonchev–Trinajstić information content (AvgIpc) is 2.87. The van der Waals surface area contributed by atoms with Crippen LogP contribution >= 0.6 is 0 Å². The summed E-state index contributed by atoms with van der Waals surface area (Å²) >= 11 is 0. The molecule has 2 saturated carbocycles. The van der Waals surface area contributed by atoms with Gasteiger partial charge in [0.1, 0.15) is 0 Å². The maximum atomic E-state index is 2.40. The van der Waals surface area contributed by atoms with E-state index in [1.807, 2.05) is 0 Å². The number of hydrogen-bond donors (Lipinski definition) is 0. The second kappa shape index (κ2) is 3.40. The molecule has 0 saturated heterocycles. The van der Waals surface area contributed by atoms with Gasteiger partial charge in [-0.3, -0.25) is 0 Å². The van der Waals surface area contributed by atoms with Gasteiger partial charge in [0.2, 0.25) is 0 Å². The zero-order valence-corrected chi connectivity index (χ0v) is 8.55. The Morgan fingerprint density at radius 1 is 0.917 bits per heavy atom. The van der Waals surface area contributed by atoms with Gasteiger partial charge in [0, 0.05) is 0 Å². The van der Waals surface area contributed by atoms with Crippen molar-refractivity contribution in [2.45, 2.75) is 52.4 Å². The van der Waals surface area contributed by atoms with Crippen molar-refractivity contribution < 1.29 is 0 Å². The average molecular weight is 166 g/mol. The van der Waals surface area contributed by atoms with Crippen LogP contribution in [0.5, 0.6) is 0 Å². The molecule has 0 heteroatoms. The normalized spacial score (nSPS) is 37.2. The van der Waals surface area contributed by atoms with Crippen molar-refractivity contribution in [2.24, 2.45) is 23.7 Å². The van der Waals surface area contributed by atoms with Gasteiger partial charge in [-0.2, -0.15) is 0 Å². The van der Waals surface area contributed by atoms with Crippen LogP contribution in [-0.4, -0.2) is 0 Å². The van der Waals surface area contributed by atoms with Gasteiger partial charge in [0.25, 0.3) is 0 Å². The van der Waals surface area contributed by atoms with Crippen LogP contribution in [0.25, 0.3) is 0 Å². The molecule has 2 aliphatic rings. The highest BCUT2D eigenvalue weighted by molar-refractivity contribution is 4.86. The van der Waals surface area contributed by atoms with Gasteiger partial charge in [-0.1, -0.05) is 33.1 Å². The van der Waals surface area contributed by atoms with Crippen molar-refractivity contribution in [3.63, 3.8) is 0 Å². The van der Waals surface area contributed by atoms with E-state index in [1.165, 1.54) is 12.8 Å². The van der Waals surface area contributed by atoms with Crippen molar-refractivity contribution in [3.8, 4) is 0 Å². The highest BCUT2D eigenvalue weighted by Gasteiger charge is 2.35. The van der Waals surface area contributed by atoms with E-state index in [2.05, 4.69) is 13.8 Å². The molecule has 0 N–H and O–H groups in total. The molecule has 0 spiro atoms. The standard InChI is InChI=1S/C12H22/c1-9(2)11-4-3-5-12(8-11)10-6-7-10/h9-12H,3-8H2,1-2H3/t11-,12+/m1/s1. The first-order chi connectivity index (χ1) is 5.77. The monoisotopic (exact) mass is 166 g/mol. The van der Waals surface area contributed by atoms with Crippen LogP contribution in [0.2, 0.25) is 0 Å². The molecule has 0 aliphatic heterocycles. The fourth-order valence-electron chi connectivity index (χ4n) is 2.87. The van der Waals surface area contributed by atoms with E-state index in [0.717, 1.165) is 23.7 Å². The third-order valence-electron chi connectivity index (χ3n) is 3.99. The Morgan fingerprint density at radius 2 is 1.67 bits per heavy atom. The molecule has 12 heavy (non-hydrogen) atoms. The molecular weight excluding hydrogens is 144 g/mol. The molecule has 0 aromatic heterocycles. The number of hydrogen-bond acceptors (Lipinski definition) is 0. The molecule has 0 unspecified atom stereocenters. The Hall–Kier alpha value is 0. The first-order valence-electron chi connectivity index (χ1n) is 5.77. The van der Waals surface area contributed by atoms with Crippen molar-refractivity contribution in [3.05, 3.63) is 0 Å². The highest BCUT2D eigenvalue weighted by atomic mass is 14.4. The summed E-state index contributed by atoms with van der Waals surface area (Å²) < 4.78 is 0. The molecule has 70 valence electrons. The molecular formula is C12H22. The van der Waals surface area contributed by atoms with Gasteiger partial charge >= 0.3 is 0 Å². The SMILES string of the molecule is CC(C)[C@@H]1CCC[C@H](C2CC2)C1. The van der Waals surface area contributed by atoms with E-state index < -0.39 is 0 Å². The molecule has 0 aromatic rings. The van der Waals surface area contributed by atoms with E-state index in [9.17, 15) is 0 Å². The predicted octanol–water partition coefficient (Wildman–Crippen LogP) is 3.86. The number of rotatable bonds is 2. The molecule has 0 aromatic carbocycles. The van der Waals surface area contributed by atoms with Crippen LogP contribution in [0.4, 0.5) is 0 Å². The minimum Gasteiger partial charge on any atom is -0.0625 e. The molecule has 0 bridgehead atoms. The summed E-state index contributed by atoms with van der Waals surface area (Å²) in [5, 5.41) is 0. The Morgan fingerprint density at radius 3 is 2.25 bits per heavy atom. The molecule has 2 aliphatic carbocycles. The minimum absolute atomic E-state index is 0.937. The van der Waals surface area contributed by atoms with E-state index in [4.69, 9.17) is 0 Å². The topological polar surface area (TPSA) is 0 Å². The lowest BCUT2D eigenvalue weighted by Crippen LogP contribution is -2.20. The lowest BCUT2D eigenvalue weighted by atomic mass is 9.74.